The molecule has 2 amide bonds. The van der Waals surface area contributed by atoms with E-state index in [9.17, 15) is 9.59 Å². The van der Waals surface area contributed by atoms with Crippen LogP contribution in [-0.2, 0) is 9.59 Å². The number of thioether (sulfide) groups is 1. The smallest absolute Gasteiger partial charge is 0.277 e. The standard InChI is InChI=1S/C17H19ClN4O3S/c1-11(23)19-12-5-4-8-22(9-12)15(24)10-26-17-21-20-16(25-17)13-6-2-3-7-14(13)18/h2-3,6-7,12H,4-5,8-10H2,1H3,(H,19,23). The minimum Gasteiger partial charge on any atom is -0.411 e. The van der Waals surface area contributed by atoms with E-state index < -0.39 is 0 Å². The van der Waals surface area contributed by atoms with Crippen molar-refractivity contribution in [3.63, 3.8) is 0 Å². The number of carbonyl (C=O) groups excluding carboxylic acids is 2. The Kier molecular flexibility index (Phi) is 6.16. The minimum atomic E-state index is -0.0726. The van der Waals surface area contributed by atoms with Crippen molar-refractivity contribution in [3.05, 3.63) is 29.3 Å². The summed E-state index contributed by atoms with van der Waals surface area (Å²) in [6.07, 6.45) is 1.76. The molecule has 1 saturated heterocycles. The monoisotopic (exact) mass is 394 g/mol. The number of hydrogen-bond donors (Lipinski definition) is 1. The fourth-order valence-corrected chi connectivity index (χ4v) is 3.72. The van der Waals surface area contributed by atoms with Crippen LogP contribution in [0.5, 0.6) is 0 Å². The molecule has 7 nitrogen and oxygen atoms in total. The Bertz CT molecular complexity index is 798. The third kappa shape index (κ3) is 4.76. The van der Waals surface area contributed by atoms with Crippen molar-refractivity contribution in [2.45, 2.75) is 31.0 Å². The van der Waals surface area contributed by atoms with Gasteiger partial charge in [-0.15, -0.1) is 10.2 Å². The lowest BCUT2D eigenvalue weighted by Crippen LogP contribution is -2.49. The first kappa shape index (κ1) is 18.7. The molecule has 2 heterocycles. The fourth-order valence-electron chi connectivity index (χ4n) is 2.84. The highest BCUT2D eigenvalue weighted by Crippen LogP contribution is 2.28. The van der Waals surface area contributed by atoms with Crippen LogP contribution in [0.1, 0.15) is 19.8 Å². The topological polar surface area (TPSA) is 88.3 Å². The van der Waals surface area contributed by atoms with Gasteiger partial charge < -0.3 is 14.6 Å². The molecule has 1 aromatic heterocycles. The van der Waals surface area contributed by atoms with Gasteiger partial charge >= 0.3 is 0 Å². The van der Waals surface area contributed by atoms with E-state index in [4.69, 9.17) is 16.0 Å². The minimum absolute atomic E-state index is 0.0115. The highest BCUT2D eigenvalue weighted by molar-refractivity contribution is 7.99. The summed E-state index contributed by atoms with van der Waals surface area (Å²) in [4.78, 5) is 25.4. The number of piperidine rings is 1. The quantitative estimate of drug-likeness (QED) is 0.784. The van der Waals surface area contributed by atoms with E-state index in [0.717, 1.165) is 12.8 Å². The first-order chi connectivity index (χ1) is 12.5. The molecule has 0 saturated carbocycles. The van der Waals surface area contributed by atoms with E-state index in [2.05, 4.69) is 15.5 Å². The largest absolute Gasteiger partial charge is 0.411 e. The molecule has 3 rings (SSSR count). The van der Waals surface area contributed by atoms with Crippen molar-refractivity contribution in [3.8, 4) is 11.5 Å². The number of nitrogens with one attached hydrogen (secondary N) is 1. The Morgan fingerprint density at radius 3 is 2.96 bits per heavy atom. The Balaban J connectivity index is 1.55. The lowest BCUT2D eigenvalue weighted by molar-refractivity contribution is -0.130. The first-order valence-electron chi connectivity index (χ1n) is 8.29. The van der Waals surface area contributed by atoms with E-state index >= 15 is 0 Å². The average molecular weight is 395 g/mol. The molecule has 2 aromatic rings. The summed E-state index contributed by atoms with van der Waals surface area (Å²) < 4.78 is 5.59. The number of amides is 2. The molecule has 1 aliphatic heterocycles. The van der Waals surface area contributed by atoms with Gasteiger partial charge in [0.05, 0.1) is 16.3 Å². The predicted molar refractivity (Wildman–Crippen MR) is 98.9 cm³/mol. The van der Waals surface area contributed by atoms with Crippen LogP contribution < -0.4 is 5.32 Å². The van der Waals surface area contributed by atoms with Crippen LogP contribution in [0, 0.1) is 0 Å². The number of nitrogens with zero attached hydrogens (tertiary/aromatic N) is 3. The highest BCUT2D eigenvalue weighted by atomic mass is 35.5. The molecule has 9 heteroatoms. The third-order valence-corrected chi connectivity index (χ3v) is 5.14. The second-order valence-electron chi connectivity index (χ2n) is 6.02. The number of benzene rings is 1. The van der Waals surface area contributed by atoms with Gasteiger partial charge in [0.25, 0.3) is 5.22 Å². The zero-order chi connectivity index (χ0) is 18.5. The molecular weight excluding hydrogens is 376 g/mol. The zero-order valence-corrected chi connectivity index (χ0v) is 15.8. The van der Waals surface area contributed by atoms with Crippen molar-refractivity contribution in [1.29, 1.82) is 0 Å². The summed E-state index contributed by atoms with van der Waals surface area (Å²) in [5.41, 5.74) is 0.661. The van der Waals surface area contributed by atoms with E-state index in [1.54, 1.807) is 17.0 Å². The summed E-state index contributed by atoms with van der Waals surface area (Å²) in [6, 6.07) is 7.22. The van der Waals surface area contributed by atoms with E-state index in [-0.39, 0.29) is 23.6 Å². The summed E-state index contributed by atoms with van der Waals surface area (Å²) in [6.45, 7) is 2.72. The van der Waals surface area contributed by atoms with E-state index in [1.807, 2.05) is 12.1 Å². The van der Waals surface area contributed by atoms with Gasteiger partial charge in [-0.3, -0.25) is 9.59 Å². The van der Waals surface area contributed by atoms with Crippen molar-refractivity contribution >= 4 is 35.2 Å². The van der Waals surface area contributed by atoms with Crippen molar-refractivity contribution in [1.82, 2.24) is 20.4 Å². The van der Waals surface area contributed by atoms with Crippen LogP contribution in [0.4, 0.5) is 0 Å². The maximum absolute atomic E-state index is 12.4. The van der Waals surface area contributed by atoms with Gasteiger partial charge in [-0.1, -0.05) is 35.5 Å². The molecule has 26 heavy (non-hydrogen) atoms. The van der Waals surface area contributed by atoms with Gasteiger partial charge in [0.2, 0.25) is 17.7 Å². The predicted octanol–water partition coefficient (Wildman–Crippen LogP) is 2.61. The lowest BCUT2D eigenvalue weighted by Gasteiger charge is -2.32. The van der Waals surface area contributed by atoms with Crippen molar-refractivity contribution in [2.24, 2.45) is 0 Å². The molecule has 1 fully saturated rings. The van der Waals surface area contributed by atoms with Gasteiger partial charge in [0.15, 0.2) is 0 Å². The van der Waals surface area contributed by atoms with Gasteiger partial charge in [-0.25, -0.2) is 0 Å². The molecule has 138 valence electrons. The van der Waals surface area contributed by atoms with E-state index in [1.165, 1.54) is 18.7 Å². The molecule has 1 aliphatic rings. The Labute approximate surface area is 160 Å². The summed E-state index contributed by atoms with van der Waals surface area (Å²) >= 11 is 7.32. The SMILES string of the molecule is CC(=O)NC1CCCN(C(=O)CSc2nnc(-c3ccccc3Cl)o2)C1. The van der Waals surface area contributed by atoms with Gasteiger partial charge in [0.1, 0.15) is 0 Å². The second kappa shape index (κ2) is 8.55. The number of halogens is 1. The summed E-state index contributed by atoms with van der Waals surface area (Å²) in [5.74, 6) is 0.449. The maximum atomic E-state index is 12.4. The first-order valence-corrected chi connectivity index (χ1v) is 9.65. The molecule has 1 N–H and O–H groups in total. The Hall–Kier alpha value is -2.06. The van der Waals surface area contributed by atoms with E-state index in [0.29, 0.717) is 34.8 Å². The molecule has 0 aliphatic carbocycles. The summed E-state index contributed by atoms with van der Waals surface area (Å²) in [7, 11) is 0. The maximum Gasteiger partial charge on any atom is 0.277 e. The van der Waals surface area contributed by atoms with Crippen LogP contribution in [0.2, 0.25) is 5.02 Å². The molecular formula is C17H19ClN4O3S. The molecule has 1 atom stereocenters. The molecule has 1 unspecified atom stereocenters. The molecule has 0 spiro atoms. The fraction of sp³-hybridized carbons (Fsp3) is 0.412. The Morgan fingerprint density at radius 2 is 2.19 bits per heavy atom. The third-order valence-electron chi connectivity index (χ3n) is 4.01. The average Bonchev–Trinajstić information content (AvgIpc) is 3.08. The number of rotatable bonds is 5. The van der Waals surface area contributed by atoms with Gasteiger partial charge in [0, 0.05) is 26.1 Å². The number of aromatic nitrogens is 2. The highest BCUT2D eigenvalue weighted by Gasteiger charge is 2.24. The molecule has 0 bridgehead atoms. The summed E-state index contributed by atoms with van der Waals surface area (Å²) in [5, 5.41) is 11.7. The van der Waals surface area contributed by atoms with Crippen LogP contribution in [0.15, 0.2) is 33.9 Å². The number of hydrogen-bond acceptors (Lipinski definition) is 6. The molecule has 0 radical (unpaired) electrons. The zero-order valence-electron chi connectivity index (χ0n) is 14.3. The van der Waals surface area contributed by atoms with Crippen molar-refractivity contribution in [2.75, 3.05) is 18.8 Å². The van der Waals surface area contributed by atoms with Gasteiger partial charge in [-0.05, 0) is 25.0 Å². The number of carbonyl (C=O) groups is 2. The lowest BCUT2D eigenvalue weighted by atomic mass is 10.1. The van der Waals surface area contributed by atoms with Crippen LogP contribution in [0.3, 0.4) is 0 Å². The normalized spacial score (nSPS) is 17.2. The number of likely N-dealkylation sites (tertiary alicyclic amines) is 1. The Morgan fingerprint density at radius 1 is 1.38 bits per heavy atom. The van der Waals surface area contributed by atoms with Crippen LogP contribution in [0.25, 0.3) is 11.5 Å². The van der Waals surface area contributed by atoms with Crippen LogP contribution >= 0.6 is 23.4 Å². The van der Waals surface area contributed by atoms with Gasteiger partial charge in [-0.2, -0.15) is 0 Å². The van der Waals surface area contributed by atoms with Crippen molar-refractivity contribution < 1.29 is 14.0 Å². The van der Waals surface area contributed by atoms with Crippen LogP contribution in [-0.4, -0.2) is 51.8 Å². The second-order valence-corrected chi connectivity index (χ2v) is 7.35. The molecule has 1 aromatic carbocycles.